The van der Waals surface area contributed by atoms with E-state index in [0.717, 1.165) is 23.4 Å². The number of carbonyl (C=O) groups is 1. The van der Waals surface area contributed by atoms with Gasteiger partial charge in [-0.2, -0.15) is 0 Å². The molecular formula is C15H18N2OS. The predicted molar refractivity (Wildman–Crippen MR) is 79.8 cm³/mol. The number of amides is 1. The van der Waals surface area contributed by atoms with E-state index in [1.165, 1.54) is 17.5 Å². The van der Waals surface area contributed by atoms with Gasteiger partial charge >= 0.3 is 0 Å². The molecule has 100 valence electrons. The van der Waals surface area contributed by atoms with E-state index in [0.29, 0.717) is 6.04 Å². The van der Waals surface area contributed by atoms with Crippen molar-refractivity contribution < 1.29 is 4.79 Å². The summed E-state index contributed by atoms with van der Waals surface area (Å²) in [7, 11) is 2.13. The molecule has 0 aliphatic carbocycles. The van der Waals surface area contributed by atoms with Crippen molar-refractivity contribution in [3.05, 3.63) is 35.2 Å². The quantitative estimate of drug-likeness (QED) is 0.933. The molecule has 1 aliphatic heterocycles. The minimum Gasteiger partial charge on any atom is -0.350 e. The van der Waals surface area contributed by atoms with Gasteiger partial charge in [0.25, 0.3) is 5.91 Å². The van der Waals surface area contributed by atoms with Crippen LogP contribution in [-0.2, 0) is 0 Å². The van der Waals surface area contributed by atoms with Crippen LogP contribution in [0.3, 0.4) is 0 Å². The summed E-state index contributed by atoms with van der Waals surface area (Å²) < 4.78 is 1.17. The van der Waals surface area contributed by atoms with Crippen molar-refractivity contribution in [1.29, 1.82) is 0 Å². The lowest BCUT2D eigenvalue weighted by Crippen LogP contribution is -2.37. The first-order valence-electron chi connectivity index (χ1n) is 6.71. The second kappa shape index (κ2) is 5.31. The Morgan fingerprint density at radius 2 is 2.32 bits per heavy atom. The average molecular weight is 274 g/mol. The second-order valence-electron chi connectivity index (χ2n) is 5.14. The van der Waals surface area contributed by atoms with E-state index < -0.39 is 0 Å². The second-order valence-corrected chi connectivity index (χ2v) is 6.22. The zero-order chi connectivity index (χ0) is 13.2. The number of carbonyl (C=O) groups excluding carboxylic acids is 1. The minimum absolute atomic E-state index is 0.0569. The Morgan fingerprint density at radius 3 is 3.05 bits per heavy atom. The van der Waals surface area contributed by atoms with Crippen molar-refractivity contribution in [2.45, 2.75) is 18.9 Å². The maximum atomic E-state index is 12.2. The molecule has 0 bridgehead atoms. The highest BCUT2D eigenvalue weighted by Crippen LogP contribution is 2.25. The highest BCUT2D eigenvalue weighted by molar-refractivity contribution is 7.20. The van der Waals surface area contributed by atoms with Gasteiger partial charge in [-0.3, -0.25) is 4.79 Å². The third-order valence-electron chi connectivity index (χ3n) is 3.82. The zero-order valence-corrected chi connectivity index (χ0v) is 11.9. The molecule has 3 rings (SSSR count). The lowest BCUT2D eigenvalue weighted by Gasteiger charge is -2.19. The Balaban J connectivity index is 1.66. The van der Waals surface area contributed by atoms with Crippen LogP contribution in [-0.4, -0.2) is 37.0 Å². The molecule has 2 heterocycles. The molecule has 1 amide bonds. The molecule has 2 aromatic rings. The number of hydrogen-bond acceptors (Lipinski definition) is 3. The number of fused-ring (bicyclic) bond motifs is 1. The fourth-order valence-electron chi connectivity index (χ4n) is 2.63. The standard InChI is InChI=1S/C15H18N2OS/c1-17-8-4-6-12(17)10-16-15(18)14-9-11-5-2-3-7-13(11)19-14/h2-3,5,7,9,12H,4,6,8,10H2,1H3,(H,16,18)/t12-/m1/s1. The van der Waals surface area contributed by atoms with Crippen molar-refractivity contribution >= 4 is 27.3 Å². The Hall–Kier alpha value is -1.39. The van der Waals surface area contributed by atoms with Crippen molar-refractivity contribution in [2.75, 3.05) is 20.1 Å². The van der Waals surface area contributed by atoms with Crippen molar-refractivity contribution in [3.8, 4) is 0 Å². The van der Waals surface area contributed by atoms with Crippen LogP contribution in [0.2, 0.25) is 0 Å². The van der Waals surface area contributed by atoms with Gasteiger partial charge in [0.15, 0.2) is 0 Å². The zero-order valence-electron chi connectivity index (χ0n) is 11.1. The number of thiophene rings is 1. The lowest BCUT2D eigenvalue weighted by atomic mass is 10.2. The highest BCUT2D eigenvalue weighted by Gasteiger charge is 2.21. The van der Waals surface area contributed by atoms with Gasteiger partial charge in [-0.05, 0) is 44.0 Å². The molecule has 1 fully saturated rings. The Kier molecular flexibility index (Phi) is 3.53. The van der Waals surface area contributed by atoms with Crippen LogP contribution < -0.4 is 5.32 Å². The summed E-state index contributed by atoms with van der Waals surface area (Å²) in [4.78, 5) is 15.3. The third kappa shape index (κ3) is 2.65. The van der Waals surface area contributed by atoms with Crippen LogP contribution in [0.1, 0.15) is 22.5 Å². The van der Waals surface area contributed by atoms with Crippen molar-refractivity contribution in [2.24, 2.45) is 0 Å². The molecule has 1 aromatic carbocycles. The Morgan fingerprint density at radius 1 is 1.47 bits per heavy atom. The number of nitrogens with zero attached hydrogens (tertiary/aromatic N) is 1. The third-order valence-corrected chi connectivity index (χ3v) is 4.93. The van der Waals surface area contributed by atoms with Crippen molar-refractivity contribution in [3.63, 3.8) is 0 Å². The first-order chi connectivity index (χ1) is 9.24. The van der Waals surface area contributed by atoms with Gasteiger partial charge in [-0.25, -0.2) is 0 Å². The fraction of sp³-hybridized carbons (Fsp3) is 0.400. The van der Waals surface area contributed by atoms with Crippen LogP contribution >= 0.6 is 11.3 Å². The summed E-state index contributed by atoms with van der Waals surface area (Å²) in [6.45, 7) is 1.90. The van der Waals surface area contributed by atoms with E-state index in [1.54, 1.807) is 11.3 Å². The predicted octanol–water partition coefficient (Wildman–Crippen LogP) is 2.73. The van der Waals surface area contributed by atoms with E-state index in [4.69, 9.17) is 0 Å². The molecule has 1 atom stereocenters. The maximum absolute atomic E-state index is 12.2. The molecule has 19 heavy (non-hydrogen) atoms. The van der Waals surface area contributed by atoms with Crippen LogP contribution in [0, 0.1) is 0 Å². The number of likely N-dealkylation sites (N-methyl/N-ethyl adjacent to an activating group) is 1. The first kappa shape index (κ1) is 12.6. The molecule has 4 heteroatoms. The summed E-state index contributed by atoms with van der Waals surface area (Å²) in [5.74, 6) is 0.0569. The molecular weight excluding hydrogens is 256 g/mol. The van der Waals surface area contributed by atoms with E-state index in [2.05, 4.69) is 23.3 Å². The monoisotopic (exact) mass is 274 g/mol. The molecule has 1 aromatic heterocycles. The SMILES string of the molecule is CN1CCC[C@@H]1CNC(=O)c1cc2ccccc2s1. The van der Waals surface area contributed by atoms with Gasteiger partial charge in [0.2, 0.25) is 0 Å². The van der Waals surface area contributed by atoms with E-state index in [-0.39, 0.29) is 5.91 Å². The van der Waals surface area contributed by atoms with E-state index in [9.17, 15) is 4.79 Å². The van der Waals surface area contributed by atoms with Crippen molar-refractivity contribution in [1.82, 2.24) is 10.2 Å². The minimum atomic E-state index is 0.0569. The topological polar surface area (TPSA) is 32.3 Å². The summed E-state index contributed by atoms with van der Waals surface area (Å²) in [6.07, 6.45) is 2.42. The average Bonchev–Trinajstić information content (AvgIpc) is 3.01. The largest absolute Gasteiger partial charge is 0.350 e. The molecule has 3 nitrogen and oxygen atoms in total. The highest BCUT2D eigenvalue weighted by atomic mass is 32.1. The molecule has 0 spiro atoms. The number of nitrogens with one attached hydrogen (secondary N) is 1. The van der Waals surface area contributed by atoms with Crippen LogP contribution in [0.25, 0.3) is 10.1 Å². The number of rotatable bonds is 3. The van der Waals surface area contributed by atoms with E-state index >= 15 is 0 Å². The smallest absolute Gasteiger partial charge is 0.261 e. The van der Waals surface area contributed by atoms with Crippen LogP contribution in [0.5, 0.6) is 0 Å². The summed E-state index contributed by atoms with van der Waals surface area (Å²) in [5, 5.41) is 4.21. The van der Waals surface area contributed by atoms with Gasteiger partial charge in [0, 0.05) is 17.3 Å². The van der Waals surface area contributed by atoms with Crippen LogP contribution in [0.4, 0.5) is 0 Å². The van der Waals surface area contributed by atoms with Gasteiger partial charge in [0.05, 0.1) is 4.88 Å². The summed E-state index contributed by atoms with van der Waals surface area (Å²) in [6, 6.07) is 10.6. The van der Waals surface area contributed by atoms with Gasteiger partial charge < -0.3 is 10.2 Å². The molecule has 0 unspecified atom stereocenters. The van der Waals surface area contributed by atoms with Gasteiger partial charge in [-0.15, -0.1) is 11.3 Å². The Bertz CT molecular complexity index is 560. The van der Waals surface area contributed by atoms with Crippen LogP contribution in [0.15, 0.2) is 30.3 Å². The molecule has 0 saturated carbocycles. The summed E-state index contributed by atoms with van der Waals surface area (Å²) in [5.41, 5.74) is 0. The molecule has 1 aliphatic rings. The number of hydrogen-bond donors (Lipinski definition) is 1. The fourth-order valence-corrected chi connectivity index (χ4v) is 3.61. The number of benzene rings is 1. The van der Waals surface area contributed by atoms with Gasteiger partial charge in [0.1, 0.15) is 0 Å². The normalized spacial score (nSPS) is 19.9. The Labute approximate surface area is 117 Å². The molecule has 0 radical (unpaired) electrons. The lowest BCUT2D eigenvalue weighted by molar-refractivity contribution is 0.0948. The van der Waals surface area contributed by atoms with Gasteiger partial charge in [-0.1, -0.05) is 18.2 Å². The maximum Gasteiger partial charge on any atom is 0.261 e. The van der Waals surface area contributed by atoms with E-state index in [1.807, 2.05) is 24.3 Å². The molecule has 1 saturated heterocycles. The summed E-state index contributed by atoms with van der Waals surface area (Å²) >= 11 is 1.56. The number of likely N-dealkylation sites (tertiary alicyclic amines) is 1. The molecule has 1 N–H and O–H groups in total. The first-order valence-corrected chi connectivity index (χ1v) is 7.53.